The molecule has 4 rings (SSSR count). The number of nitrogens with one attached hydrogen (secondary N) is 1. The minimum Gasteiger partial charge on any atom is -0.744 e. The van der Waals surface area contributed by atoms with Crippen molar-refractivity contribution in [3.8, 4) is 0 Å². The van der Waals surface area contributed by atoms with Crippen molar-refractivity contribution in [2.24, 2.45) is 0 Å². The van der Waals surface area contributed by atoms with E-state index in [0.29, 0.717) is 22.4 Å². The summed E-state index contributed by atoms with van der Waals surface area (Å²) in [6.07, 6.45) is 0.100. The molecule has 0 fully saturated rings. The maximum absolute atomic E-state index is 12.6. The quantitative estimate of drug-likeness (QED) is 0.188. The van der Waals surface area contributed by atoms with Gasteiger partial charge in [-0.25, -0.2) is 8.42 Å². The van der Waals surface area contributed by atoms with Gasteiger partial charge in [0.2, 0.25) is 0 Å². The van der Waals surface area contributed by atoms with E-state index in [0.717, 1.165) is 6.07 Å². The van der Waals surface area contributed by atoms with Crippen LogP contribution in [0, 0.1) is 6.07 Å². The number of fused-ring (bicyclic) bond motifs is 2. The summed E-state index contributed by atoms with van der Waals surface area (Å²) >= 11 is 0. The van der Waals surface area contributed by atoms with Crippen LogP contribution < -0.4 is 64.4 Å². The van der Waals surface area contributed by atoms with E-state index in [-0.39, 0.29) is 93.3 Å². The van der Waals surface area contributed by atoms with Crippen LogP contribution in [0.5, 0.6) is 0 Å². The Hall–Kier alpha value is -1.15. The van der Waals surface area contributed by atoms with E-state index in [1.54, 1.807) is 18.2 Å². The molecule has 1 aliphatic heterocycles. The maximum atomic E-state index is 12.6. The van der Waals surface area contributed by atoms with Gasteiger partial charge in [-0.2, -0.15) is 24.3 Å². The number of anilines is 1. The molecular formula is C17H9NNa2O8S2. The molecule has 13 heteroatoms. The molecule has 0 atom stereocenters. The fourth-order valence-corrected chi connectivity index (χ4v) is 3.52. The molecule has 0 saturated carbocycles. The number of carbonyl (C=O) groups is 2. The average molecular weight is 465 g/mol. The molecule has 0 bridgehead atoms. The summed E-state index contributed by atoms with van der Waals surface area (Å²) in [5, 5.41) is 2.93. The van der Waals surface area contributed by atoms with Gasteiger partial charge in [0, 0.05) is 17.6 Å². The number of hydrogen-bond donors (Lipinski definition) is 1. The van der Waals surface area contributed by atoms with Crippen LogP contribution in [0.1, 0.15) is 26.3 Å². The van der Waals surface area contributed by atoms with Gasteiger partial charge in [-0.1, -0.05) is 11.3 Å². The van der Waals surface area contributed by atoms with Crippen LogP contribution in [0.15, 0.2) is 52.6 Å². The third-order valence-electron chi connectivity index (χ3n) is 4.15. The van der Waals surface area contributed by atoms with Gasteiger partial charge in [-0.15, -0.1) is 12.6 Å². The van der Waals surface area contributed by atoms with E-state index >= 15 is 0 Å². The van der Waals surface area contributed by atoms with E-state index in [9.17, 15) is 22.6 Å². The van der Waals surface area contributed by atoms with E-state index in [2.05, 4.69) is 11.4 Å². The fraction of sp³-hybridized carbons (Fsp3) is 0.0588. The Morgan fingerprint density at radius 2 is 1.63 bits per heavy atom. The molecule has 2 aromatic carbocycles. The van der Waals surface area contributed by atoms with Crippen molar-refractivity contribution in [1.29, 1.82) is 0 Å². The zero-order chi connectivity index (χ0) is 20.6. The fourth-order valence-electron chi connectivity index (χ4n) is 3.00. The number of benzene rings is 2. The Morgan fingerprint density at radius 3 is 2.20 bits per heavy atom. The van der Waals surface area contributed by atoms with Gasteiger partial charge in [0.1, 0.15) is 10.1 Å². The summed E-state index contributed by atoms with van der Waals surface area (Å²) < 4.78 is 58.7. The van der Waals surface area contributed by atoms with Gasteiger partial charge in [0.05, 0.1) is 10.6 Å². The van der Waals surface area contributed by atoms with Crippen molar-refractivity contribution in [2.45, 2.75) is 11.3 Å². The summed E-state index contributed by atoms with van der Waals surface area (Å²) in [7, 11) is -7.71. The zero-order valence-corrected chi connectivity index (χ0v) is 21.4. The van der Waals surface area contributed by atoms with Crippen molar-refractivity contribution >= 4 is 38.0 Å². The first kappa shape index (κ1) is 26.9. The molecule has 2 aliphatic rings. The smallest absolute Gasteiger partial charge is 0.744 e. The molecule has 0 radical (unpaired) electrons. The summed E-state index contributed by atoms with van der Waals surface area (Å²) in [6, 6.07) is 11.3. The maximum Gasteiger partial charge on any atom is 1.00 e. The molecular weight excluding hydrogens is 456 g/mol. The van der Waals surface area contributed by atoms with Crippen LogP contribution in [0.2, 0.25) is 0 Å². The van der Waals surface area contributed by atoms with Gasteiger partial charge in [-0.3, -0.25) is 9.59 Å². The zero-order valence-electron chi connectivity index (χ0n) is 15.8. The van der Waals surface area contributed by atoms with Crippen molar-refractivity contribution in [3.63, 3.8) is 0 Å². The molecule has 1 heterocycles. The predicted octanol–water partition coefficient (Wildman–Crippen LogP) is -5.30. The first-order valence-electron chi connectivity index (χ1n) is 7.55. The third-order valence-corrected chi connectivity index (χ3v) is 4.98. The minimum atomic E-state index is -4.60. The second-order valence-electron chi connectivity index (χ2n) is 5.76. The largest absolute Gasteiger partial charge is 1.00 e. The van der Waals surface area contributed by atoms with E-state index < -0.39 is 20.7 Å². The Bertz CT molecular complexity index is 1280. The van der Waals surface area contributed by atoms with Crippen molar-refractivity contribution in [3.05, 3.63) is 70.4 Å². The SMILES string of the molecule is O=C1/C(=C2\Nc3c[c-]ccc3C2=O)Cc2cc(S(=O)(=O)[O-])ccc21.O=S(=O)=O.[Na+].[Na+]. The molecule has 0 saturated heterocycles. The second kappa shape index (κ2) is 10.4. The van der Waals surface area contributed by atoms with Crippen molar-refractivity contribution in [1.82, 2.24) is 0 Å². The van der Waals surface area contributed by atoms with Crippen LogP contribution in [0.25, 0.3) is 0 Å². The van der Waals surface area contributed by atoms with Crippen LogP contribution in [-0.2, 0) is 27.1 Å². The summed E-state index contributed by atoms with van der Waals surface area (Å²) in [5.41, 5.74) is 2.24. The van der Waals surface area contributed by atoms with Crippen molar-refractivity contribution < 1.29 is 94.3 Å². The molecule has 1 N–H and O–H groups in total. The molecule has 0 unspecified atom stereocenters. The Labute approximate surface area is 217 Å². The van der Waals surface area contributed by atoms with Gasteiger partial charge in [-0.05, 0) is 23.8 Å². The monoisotopic (exact) mass is 465 g/mol. The Kier molecular flexibility index (Phi) is 9.36. The van der Waals surface area contributed by atoms with Gasteiger partial charge in [0.25, 0.3) is 0 Å². The van der Waals surface area contributed by atoms with Crippen LogP contribution in [0.3, 0.4) is 0 Å². The molecule has 9 nitrogen and oxygen atoms in total. The predicted molar refractivity (Wildman–Crippen MR) is 92.4 cm³/mol. The number of rotatable bonds is 1. The number of Topliss-reactive ketones (excluding diaryl/α,β-unsaturated/α-hetero) is 2. The average Bonchev–Trinajstić information content (AvgIpc) is 3.11. The molecule has 0 aromatic heterocycles. The summed E-state index contributed by atoms with van der Waals surface area (Å²) in [5.74, 6) is -0.626. The van der Waals surface area contributed by atoms with Crippen molar-refractivity contribution in [2.75, 3.05) is 5.32 Å². The molecule has 144 valence electrons. The molecule has 2 aromatic rings. The van der Waals surface area contributed by atoms with Crippen LogP contribution >= 0.6 is 0 Å². The van der Waals surface area contributed by atoms with E-state index in [1.807, 2.05) is 0 Å². The Balaban J connectivity index is 0.000000692. The summed E-state index contributed by atoms with van der Waals surface area (Å²) in [6.45, 7) is 0. The van der Waals surface area contributed by atoms with E-state index in [1.165, 1.54) is 12.1 Å². The topological polar surface area (TPSA) is 155 Å². The Morgan fingerprint density at radius 1 is 1.00 bits per heavy atom. The van der Waals surface area contributed by atoms with Crippen LogP contribution in [0.4, 0.5) is 5.69 Å². The number of hydrogen-bond acceptors (Lipinski definition) is 9. The second-order valence-corrected chi connectivity index (χ2v) is 7.55. The molecule has 0 spiro atoms. The minimum absolute atomic E-state index is 0. The normalized spacial score (nSPS) is 16.2. The third kappa shape index (κ3) is 5.55. The number of ketones is 2. The first-order chi connectivity index (χ1) is 13.1. The van der Waals surface area contributed by atoms with Gasteiger partial charge < -0.3 is 9.87 Å². The number of carbonyl (C=O) groups excluding carboxylic acids is 2. The summed E-state index contributed by atoms with van der Waals surface area (Å²) in [4.78, 5) is 24.6. The van der Waals surface area contributed by atoms with Crippen LogP contribution in [-0.4, -0.2) is 37.2 Å². The van der Waals surface area contributed by atoms with Gasteiger partial charge in [0.15, 0.2) is 11.6 Å². The number of allylic oxidation sites excluding steroid dienone is 2. The van der Waals surface area contributed by atoms with Gasteiger partial charge >= 0.3 is 69.7 Å². The molecule has 1 aliphatic carbocycles. The van der Waals surface area contributed by atoms with E-state index in [4.69, 9.17) is 12.6 Å². The molecule has 30 heavy (non-hydrogen) atoms. The standard InChI is InChI=1S/C17H10NO5S.2Na.O3S/c19-16-11-6-5-10(24(21,22)23)7-9(11)8-13(16)15-17(20)12-3-1-2-4-14(12)18-15;;;1-4(2)3/h1,3-7,18H,8H2,(H,21,22,23);;;/q-1;2*+1;/p-1/b15-13-;;;. The first-order valence-corrected chi connectivity index (χ1v) is 9.95. The molecule has 0 amide bonds.